The highest BCUT2D eigenvalue weighted by Crippen LogP contribution is 2.37. The van der Waals surface area contributed by atoms with Crippen molar-refractivity contribution in [1.29, 1.82) is 0 Å². The van der Waals surface area contributed by atoms with Crippen molar-refractivity contribution in [3.63, 3.8) is 0 Å². The lowest BCUT2D eigenvalue weighted by molar-refractivity contribution is 0.0733. The molecule has 6 nitrogen and oxygen atoms in total. The SMILES string of the molecule is Cc1ncc(-c2ccncc2)c(C2CCCN2C(=O)c2ccc(N(C)C)cc2)n1. The fraction of sp³-hybridized carbons (Fsp3) is 0.304. The molecule has 4 rings (SSSR count). The van der Waals surface area contributed by atoms with Crippen LogP contribution in [0.1, 0.15) is 40.8 Å². The van der Waals surface area contributed by atoms with Crippen molar-refractivity contribution >= 4 is 11.6 Å². The van der Waals surface area contributed by atoms with Gasteiger partial charge in [-0.1, -0.05) is 0 Å². The molecule has 3 heterocycles. The molecule has 3 aromatic rings. The Balaban J connectivity index is 1.68. The number of carbonyl (C=O) groups is 1. The molecule has 1 atom stereocenters. The van der Waals surface area contributed by atoms with E-state index in [0.29, 0.717) is 11.4 Å². The van der Waals surface area contributed by atoms with Crippen molar-refractivity contribution in [2.75, 3.05) is 25.5 Å². The lowest BCUT2D eigenvalue weighted by Crippen LogP contribution is -2.31. The maximum Gasteiger partial charge on any atom is 0.254 e. The Labute approximate surface area is 171 Å². The van der Waals surface area contributed by atoms with Gasteiger partial charge in [0.1, 0.15) is 5.82 Å². The Kier molecular flexibility index (Phi) is 5.25. The first-order chi connectivity index (χ1) is 14.0. The molecule has 1 saturated heterocycles. The quantitative estimate of drug-likeness (QED) is 0.680. The Morgan fingerprint density at radius 3 is 2.52 bits per heavy atom. The van der Waals surface area contributed by atoms with Crippen molar-refractivity contribution < 1.29 is 4.79 Å². The fourth-order valence-electron chi connectivity index (χ4n) is 3.86. The van der Waals surface area contributed by atoms with E-state index < -0.39 is 0 Å². The van der Waals surface area contributed by atoms with Crippen molar-refractivity contribution in [1.82, 2.24) is 19.9 Å². The number of pyridine rings is 1. The lowest BCUT2D eigenvalue weighted by atomic mass is 10.00. The Morgan fingerprint density at radius 1 is 1.10 bits per heavy atom. The van der Waals surface area contributed by atoms with E-state index in [9.17, 15) is 4.79 Å². The first-order valence-corrected chi connectivity index (χ1v) is 9.87. The highest BCUT2D eigenvalue weighted by molar-refractivity contribution is 5.95. The van der Waals surface area contributed by atoms with Gasteiger partial charge in [-0.3, -0.25) is 9.78 Å². The predicted octanol–water partition coefficient (Wildman–Crippen LogP) is 3.89. The molecule has 1 aliphatic rings. The second-order valence-electron chi connectivity index (χ2n) is 7.55. The number of anilines is 1. The first kappa shape index (κ1) is 19.1. The third-order valence-corrected chi connectivity index (χ3v) is 5.39. The molecule has 1 aliphatic heterocycles. The molecule has 0 N–H and O–H groups in total. The minimum atomic E-state index is -0.0547. The van der Waals surface area contributed by atoms with Crippen LogP contribution >= 0.6 is 0 Å². The third-order valence-electron chi connectivity index (χ3n) is 5.39. The van der Waals surface area contributed by atoms with Crippen LogP contribution in [0.5, 0.6) is 0 Å². The van der Waals surface area contributed by atoms with E-state index in [1.807, 2.05) is 73.4 Å². The number of hydrogen-bond acceptors (Lipinski definition) is 5. The summed E-state index contributed by atoms with van der Waals surface area (Å²) in [6, 6.07) is 11.6. The Morgan fingerprint density at radius 2 is 1.83 bits per heavy atom. The van der Waals surface area contributed by atoms with Gasteiger partial charge in [0.2, 0.25) is 0 Å². The van der Waals surface area contributed by atoms with Crippen molar-refractivity contribution in [3.8, 4) is 11.1 Å². The smallest absolute Gasteiger partial charge is 0.254 e. The van der Waals surface area contributed by atoms with E-state index in [1.165, 1.54) is 0 Å². The van der Waals surface area contributed by atoms with E-state index >= 15 is 0 Å². The Bertz CT molecular complexity index is 1000. The summed E-state index contributed by atoms with van der Waals surface area (Å²) in [5.74, 6) is 0.766. The highest BCUT2D eigenvalue weighted by Gasteiger charge is 2.33. The van der Waals surface area contributed by atoms with Gasteiger partial charge in [0.25, 0.3) is 5.91 Å². The summed E-state index contributed by atoms with van der Waals surface area (Å²) in [6.07, 6.45) is 7.26. The summed E-state index contributed by atoms with van der Waals surface area (Å²) in [6.45, 7) is 2.62. The summed E-state index contributed by atoms with van der Waals surface area (Å²) in [7, 11) is 3.98. The molecule has 2 aromatic heterocycles. The summed E-state index contributed by atoms with van der Waals surface area (Å²) < 4.78 is 0. The van der Waals surface area contributed by atoms with Crippen LogP contribution in [-0.4, -0.2) is 46.4 Å². The second-order valence-corrected chi connectivity index (χ2v) is 7.55. The molecule has 1 aromatic carbocycles. The molecule has 0 aliphatic carbocycles. The van der Waals surface area contributed by atoms with Gasteiger partial charge in [-0.05, 0) is 61.7 Å². The number of benzene rings is 1. The van der Waals surface area contributed by atoms with E-state index in [4.69, 9.17) is 4.98 Å². The molecule has 6 heteroatoms. The van der Waals surface area contributed by atoms with Crippen LogP contribution in [0, 0.1) is 6.92 Å². The average molecular weight is 387 g/mol. The molecule has 0 bridgehead atoms. The average Bonchev–Trinajstić information content (AvgIpc) is 3.23. The number of carbonyl (C=O) groups excluding carboxylic acids is 1. The summed E-state index contributed by atoms with van der Waals surface area (Å²) in [5.41, 5.74) is 4.68. The molecule has 1 unspecified atom stereocenters. The topological polar surface area (TPSA) is 62.2 Å². The number of rotatable bonds is 4. The van der Waals surface area contributed by atoms with Crippen LogP contribution in [0.3, 0.4) is 0 Å². The van der Waals surface area contributed by atoms with Gasteiger partial charge in [0.05, 0.1) is 11.7 Å². The van der Waals surface area contributed by atoms with Gasteiger partial charge in [0.15, 0.2) is 0 Å². The molecule has 0 spiro atoms. The van der Waals surface area contributed by atoms with Crippen LogP contribution < -0.4 is 4.90 Å². The number of aromatic nitrogens is 3. The maximum atomic E-state index is 13.3. The number of nitrogens with zero attached hydrogens (tertiary/aromatic N) is 5. The molecular formula is C23H25N5O. The van der Waals surface area contributed by atoms with E-state index in [2.05, 4.69) is 9.97 Å². The molecule has 29 heavy (non-hydrogen) atoms. The number of hydrogen-bond donors (Lipinski definition) is 0. The largest absolute Gasteiger partial charge is 0.378 e. The van der Waals surface area contributed by atoms with Gasteiger partial charge >= 0.3 is 0 Å². The molecule has 1 amide bonds. The summed E-state index contributed by atoms with van der Waals surface area (Å²) in [4.78, 5) is 30.6. The van der Waals surface area contributed by atoms with E-state index in [1.54, 1.807) is 12.4 Å². The molecule has 0 saturated carbocycles. The van der Waals surface area contributed by atoms with Gasteiger partial charge < -0.3 is 9.80 Å². The van der Waals surface area contributed by atoms with Crippen LogP contribution in [0.25, 0.3) is 11.1 Å². The molecule has 1 fully saturated rings. The first-order valence-electron chi connectivity index (χ1n) is 9.87. The zero-order valence-electron chi connectivity index (χ0n) is 17.0. The summed E-state index contributed by atoms with van der Waals surface area (Å²) >= 11 is 0. The third kappa shape index (κ3) is 3.83. The van der Waals surface area contributed by atoms with Crippen LogP contribution in [0.15, 0.2) is 55.0 Å². The van der Waals surface area contributed by atoms with Crippen LogP contribution in [-0.2, 0) is 0 Å². The van der Waals surface area contributed by atoms with Gasteiger partial charge in [-0.2, -0.15) is 0 Å². The Hall–Kier alpha value is -3.28. The number of aryl methyl sites for hydroxylation is 1. The normalized spacial score (nSPS) is 16.1. The van der Waals surface area contributed by atoms with Crippen LogP contribution in [0.4, 0.5) is 5.69 Å². The second kappa shape index (κ2) is 7.99. The van der Waals surface area contributed by atoms with Crippen molar-refractivity contribution in [3.05, 3.63) is 72.1 Å². The minimum absolute atomic E-state index is 0.0507. The van der Waals surface area contributed by atoms with Crippen molar-refractivity contribution in [2.24, 2.45) is 0 Å². The van der Waals surface area contributed by atoms with Gasteiger partial charge in [-0.25, -0.2) is 9.97 Å². The monoisotopic (exact) mass is 387 g/mol. The lowest BCUT2D eigenvalue weighted by Gasteiger charge is -2.26. The maximum absolute atomic E-state index is 13.3. The van der Waals surface area contributed by atoms with Crippen molar-refractivity contribution in [2.45, 2.75) is 25.8 Å². The zero-order chi connectivity index (χ0) is 20.4. The van der Waals surface area contributed by atoms with Gasteiger partial charge in [0, 0.05) is 56.0 Å². The predicted molar refractivity (Wildman–Crippen MR) is 114 cm³/mol. The van der Waals surface area contributed by atoms with Gasteiger partial charge in [-0.15, -0.1) is 0 Å². The zero-order valence-corrected chi connectivity index (χ0v) is 17.0. The summed E-state index contributed by atoms with van der Waals surface area (Å²) in [5, 5.41) is 0. The van der Waals surface area contributed by atoms with E-state index in [-0.39, 0.29) is 11.9 Å². The molecule has 148 valence electrons. The minimum Gasteiger partial charge on any atom is -0.378 e. The number of likely N-dealkylation sites (tertiary alicyclic amines) is 1. The molecule has 0 radical (unpaired) electrons. The molecular weight excluding hydrogens is 362 g/mol. The van der Waals surface area contributed by atoms with Crippen LogP contribution in [0.2, 0.25) is 0 Å². The highest BCUT2D eigenvalue weighted by atomic mass is 16.2. The standard InChI is InChI=1S/C23H25N5O/c1-16-25-15-20(17-10-12-24-13-11-17)22(26-16)21-5-4-14-28(21)23(29)18-6-8-19(9-7-18)27(2)3/h6-13,15,21H,4-5,14H2,1-3H3. The number of amides is 1. The fourth-order valence-corrected chi connectivity index (χ4v) is 3.86. The van der Waals surface area contributed by atoms with E-state index in [0.717, 1.165) is 41.9 Å².